The number of hydrogen-bond donors (Lipinski definition) is 1. The predicted octanol–water partition coefficient (Wildman–Crippen LogP) is 7.07. The summed E-state index contributed by atoms with van der Waals surface area (Å²) in [5.41, 5.74) is 7.68. The van der Waals surface area contributed by atoms with Gasteiger partial charge in [0.1, 0.15) is 12.4 Å². The summed E-state index contributed by atoms with van der Waals surface area (Å²) < 4.78 is 17.7. The molecule has 2 unspecified atom stereocenters. The first-order valence-corrected chi connectivity index (χ1v) is 14.0. The molecule has 0 radical (unpaired) electrons. The van der Waals surface area contributed by atoms with Crippen molar-refractivity contribution in [3.05, 3.63) is 111 Å². The Morgan fingerprint density at radius 1 is 0.947 bits per heavy atom. The zero-order valence-electron chi connectivity index (χ0n) is 21.6. The fraction of sp³-hybridized carbons (Fsp3) is 0.250. The fourth-order valence-electron chi connectivity index (χ4n) is 6.21. The van der Waals surface area contributed by atoms with Gasteiger partial charge >= 0.3 is 0 Å². The molecule has 0 saturated carbocycles. The highest BCUT2D eigenvalue weighted by molar-refractivity contribution is 7.10. The smallest absolute Gasteiger partial charge is 0.162 e. The molecule has 2 aliphatic heterocycles. The standard InChI is InChI=1S/C32H30N2O3S/c1-35-22-10-11-26-24(16-22)25-17-27-23-18-29(37-19-20-7-4-3-5-8-20)28(36-2)15-21(23)12-13-34(27)32(31(25)33-26)30-9-6-14-38-30/h3-11,14-16,18,27,32-33H,12-13,17,19H2,1-2H3. The van der Waals surface area contributed by atoms with Crippen molar-refractivity contribution >= 4 is 22.2 Å². The van der Waals surface area contributed by atoms with Crippen molar-refractivity contribution in [2.45, 2.75) is 31.5 Å². The average molecular weight is 523 g/mol. The highest BCUT2D eigenvalue weighted by atomic mass is 32.1. The minimum absolute atomic E-state index is 0.186. The lowest BCUT2D eigenvalue weighted by atomic mass is 9.82. The first-order valence-electron chi connectivity index (χ1n) is 13.1. The van der Waals surface area contributed by atoms with Gasteiger partial charge in [-0.05, 0) is 76.9 Å². The molecule has 0 spiro atoms. The lowest BCUT2D eigenvalue weighted by Gasteiger charge is -2.45. The van der Waals surface area contributed by atoms with E-state index in [-0.39, 0.29) is 12.1 Å². The van der Waals surface area contributed by atoms with E-state index in [1.54, 1.807) is 14.2 Å². The Bertz CT molecular complexity index is 1590. The predicted molar refractivity (Wildman–Crippen MR) is 152 cm³/mol. The summed E-state index contributed by atoms with van der Waals surface area (Å²) in [6.07, 6.45) is 1.91. The van der Waals surface area contributed by atoms with Gasteiger partial charge in [-0.15, -0.1) is 11.3 Å². The van der Waals surface area contributed by atoms with Gasteiger partial charge in [-0.25, -0.2) is 0 Å². The quantitative estimate of drug-likeness (QED) is 0.259. The number of nitrogens with one attached hydrogen (secondary N) is 1. The monoisotopic (exact) mass is 522 g/mol. The maximum Gasteiger partial charge on any atom is 0.162 e. The molecule has 3 aromatic carbocycles. The number of hydrogen-bond acceptors (Lipinski definition) is 5. The van der Waals surface area contributed by atoms with Crippen LogP contribution < -0.4 is 14.2 Å². The van der Waals surface area contributed by atoms with Crippen LogP contribution in [-0.4, -0.2) is 30.6 Å². The van der Waals surface area contributed by atoms with Gasteiger partial charge in [-0.2, -0.15) is 0 Å². The fourth-order valence-corrected chi connectivity index (χ4v) is 7.07. The number of ether oxygens (including phenoxy) is 3. The zero-order chi connectivity index (χ0) is 25.6. The van der Waals surface area contributed by atoms with E-state index in [2.05, 4.69) is 63.8 Å². The molecule has 38 heavy (non-hydrogen) atoms. The van der Waals surface area contributed by atoms with Crippen LogP contribution in [0.4, 0.5) is 0 Å². The molecule has 2 atom stereocenters. The van der Waals surface area contributed by atoms with Crippen molar-refractivity contribution in [3.8, 4) is 17.2 Å². The number of benzene rings is 3. The van der Waals surface area contributed by atoms with Crippen LogP contribution >= 0.6 is 11.3 Å². The Labute approximate surface area is 226 Å². The number of H-pyrrole nitrogens is 1. The van der Waals surface area contributed by atoms with Gasteiger partial charge in [0.2, 0.25) is 0 Å². The Balaban J connectivity index is 1.34. The van der Waals surface area contributed by atoms with Gasteiger partial charge in [0.15, 0.2) is 11.5 Å². The molecule has 0 amide bonds. The van der Waals surface area contributed by atoms with Gasteiger partial charge in [0.05, 0.1) is 20.3 Å². The molecule has 5 aromatic rings. The van der Waals surface area contributed by atoms with Crippen LogP contribution in [0.3, 0.4) is 0 Å². The van der Waals surface area contributed by atoms with Crippen LogP contribution in [0.5, 0.6) is 17.2 Å². The van der Waals surface area contributed by atoms with Crippen LogP contribution in [0.25, 0.3) is 10.9 Å². The number of aromatic amines is 1. The molecule has 1 N–H and O–H groups in total. The number of aromatic nitrogens is 1. The molecule has 0 bridgehead atoms. The minimum atomic E-state index is 0.186. The van der Waals surface area contributed by atoms with Gasteiger partial charge in [0, 0.05) is 34.1 Å². The van der Waals surface area contributed by atoms with E-state index in [0.29, 0.717) is 6.61 Å². The van der Waals surface area contributed by atoms with Gasteiger partial charge in [-0.1, -0.05) is 36.4 Å². The SMILES string of the molecule is COc1ccc2[nH]c3c(c2c1)CC1c2cc(OCc4ccccc4)c(OC)cc2CCN1C3c1cccs1. The topological polar surface area (TPSA) is 46.7 Å². The summed E-state index contributed by atoms with van der Waals surface area (Å²) in [4.78, 5) is 7.84. The van der Waals surface area contributed by atoms with E-state index in [1.807, 2.05) is 35.6 Å². The second kappa shape index (κ2) is 9.53. The van der Waals surface area contributed by atoms with E-state index >= 15 is 0 Å². The highest BCUT2D eigenvalue weighted by Crippen LogP contribution is 2.50. The van der Waals surface area contributed by atoms with E-state index in [0.717, 1.165) is 42.2 Å². The summed E-state index contributed by atoms with van der Waals surface area (Å²) in [5.74, 6) is 2.49. The van der Waals surface area contributed by atoms with E-state index in [9.17, 15) is 0 Å². The Kier molecular flexibility index (Phi) is 5.87. The molecule has 0 fully saturated rings. The van der Waals surface area contributed by atoms with Crippen molar-refractivity contribution in [3.63, 3.8) is 0 Å². The van der Waals surface area contributed by atoms with Crippen LogP contribution in [-0.2, 0) is 19.4 Å². The Hall–Kier alpha value is -3.74. The molecule has 7 rings (SSSR count). The Morgan fingerprint density at radius 3 is 2.63 bits per heavy atom. The van der Waals surface area contributed by atoms with Crippen LogP contribution in [0.15, 0.2) is 78.2 Å². The first kappa shape index (κ1) is 23.4. The van der Waals surface area contributed by atoms with Gasteiger partial charge in [-0.3, -0.25) is 4.90 Å². The Morgan fingerprint density at radius 2 is 1.84 bits per heavy atom. The summed E-state index contributed by atoms with van der Waals surface area (Å²) >= 11 is 1.83. The zero-order valence-corrected chi connectivity index (χ0v) is 22.4. The number of fused-ring (bicyclic) bond motifs is 6. The molecule has 0 saturated heterocycles. The second-order valence-electron chi connectivity index (χ2n) is 10.0. The van der Waals surface area contributed by atoms with E-state index in [4.69, 9.17) is 14.2 Å². The summed E-state index contributed by atoms with van der Waals surface area (Å²) in [6, 6.07) is 25.9. The second-order valence-corrected chi connectivity index (χ2v) is 11.0. The maximum atomic E-state index is 6.35. The summed E-state index contributed by atoms with van der Waals surface area (Å²) in [7, 11) is 3.46. The molecule has 0 aliphatic carbocycles. The van der Waals surface area contributed by atoms with Crippen LogP contribution in [0.1, 0.15) is 44.9 Å². The third kappa shape index (κ3) is 3.87. The lowest BCUT2D eigenvalue weighted by Crippen LogP contribution is -2.42. The molecule has 4 heterocycles. The molecule has 5 nitrogen and oxygen atoms in total. The van der Waals surface area contributed by atoms with E-state index < -0.39 is 0 Å². The van der Waals surface area contributed by atoms with E-state index in [1.165, 1.54) is 38.2 Å². The molecular weight excluding hydrogens is 492 g/mol. The summed E-state index contributed by atoms with van der Waals surface area (Å²) in [5, 5.41) is 3.43. The normalized spacial score (nSPS) is 18.5. The largest absolute Gasteiger partial charge is 0.497 e. The highest BCUT2D eigenvalue weighted by Gasteiger charge is 2.41. The lowest BCUT2D eigenvalue weighted by molar-refractivity contribution is 0.129. The van der Waals surface area contributed by atoms with Crippen molar-refractivity contribution in [2.24, 2.45) is 0 Å². The third-order valence-electron chi connectivity index (χ3n) is 8.02. The van der Waals surface area contributed by atoms with Crippen molar-refractivity contribution in [1.82, 2.24) is 9.88 Å². The molecule has 2 aromatic heterocycles. The average Bonchev–Trinajstić information content (AvgIpc) is 3.62. The molecule has 192 valence electrons. The minimum Gasteiger partial charge on any atom is -0.497 e. The maximum absolute atomic E-state index is 6.35. The van der Waals surface area contributed by atoms with Gasteiger partial charge < -0.3 is 19.2 Å². The van der Waals surface area contributed by atoms with Crippen molar-refractivity contribution in [1.29, 1.82) is 0 Å². The van der Waals surface area contributed by atoms with Crippen LogP contribution in [0.2, 0.25) is 0 Å². The van der Waals surface area contributed by atoms with Gasteiger partial charge in [0.25, 0.3) is 0 Å². The van der Waals surface area contributed by atoms with Crippen LogP contribution in [0, 0.1) is 0 Å². The van der Waals surface area contributed by atoms with Crippen molar-refractivity contribution < 1.29 is 14.2 Å². The molecule has 2 aliphatic rings. The third-order valence-corrected chi connectivity index (χ3v) is 8.95. The molecule has 6 heteroatoms. The number of nitrogens with zero attached hydrogens (tertiary/aromatic N) is 1. The number of rotatable bonds is 6. The first-order chi connectivity index (χ1) is 18.7. The molecular formula is C32H30N2O3S. The number of methoxy groups -OCH3 is 2. The number of thiophene rings is 1. The summed E-state index contributed by atoms with van der Waals surface area (Å²) in [6.45, 7) is 1.50. The van der Waals surface area contributed by atoms with Crippen molar-refractivity contribution in [2.75, 3.05) is 20.8 Å².